The Kier molecular flexibility index (Phi) is 3.98. The summed E-state index contributed by atoms with van der Waals surface area (Å²) in [5, 5.41) is 3.34. The van der Waals surface area contributed by atoms with Gasteiger partial charge in [-0.25, -0.2) is 4.79 Å². The molecule has 0 bridgehead atoms. The van der Waals surface area contributed by atoms with Gasteiger partial charge in [0.2, 0.25) is 0 Å². The molecule has 0 radical (unpaired) electrons. The van der Waals surface area contributed by atoms with Crippen molar-refractivity contribution in [3.63, 3.8) is 0 Å². The third-order valence-electron chi connectivity index (χ3n) is 2.85. The maximum absolute atomic E-state index is 11.6. The molecule has 1 aliphatic heterocycles. The SMILES string of the molecule is COC(=O)c1ccccc1NC1CCCOC1. The van der Waals surface area contributed by atoms with Crippen molar-refractivity contribution in [3.8, 4) is 0 Å². The minimum atomic E-state index is -0.315. The van der Waals surface area contributed by atoms with Crippen LogP contribution in [0.3, 0.4) is 0 Å². The average Bonchev–Trinajstić information content (AvgIpc) is 2.40. The van der Waals surface area contributed by atoms with Crippen LogP contribution in [0.1, 0.15) is 23.2 Å². The lowest BCUT2D eigenvalue weighted by molar-refractivity contribution is 0.0601. The van der Waals surface area contributed by atoms with Gasteiger partial charge in [0, 0.05) is 18.3 Å². The summed E-state index contributed by atoms with van der Waals surface area (Å²) < 4.78 is 10.2. The highest BCUT2D eigenvalue weighted by atomic mass is 16.5. The van der Waals surface area contributed by atoms with Crippen LogP contribution in [-0.2, 0) is 9.47 Å². The Hall–Kier alpha value is -1.55. The first-order valence-corrected chi connectivity index (χ1v) is 5.83. The molecule has 0 spiro atoms. The van der Waals surface area contributed by atoms with Crippen LogP contribution in [0.2, 0.25) is 0 Å². The number of para-hydroxylation sites is 1. The maximum atomic E-state index is 11.6. The van der Waals surface area contributed by atoms with E-state index in [1.54, 1.807) is 6.07 Å². The van der Waals surface area contributed by atoms with Crippen LogP contribution < -0.4 is 5.32 Å². The number of ether oxygens (including phenoxy) is 2. The fraction of sp³-hybridized carbons (Fsp3) is 0.462. The Bertz CT molecular complexity index is 386. The number of hydrogen-bond acceptors (Lipinski definition) is 4. The highest BCUT2D eigenvalue weighted by Gasteiger charge is 2.17. The molecule has 1 N–H and O–H groups in total. The second-order valence-electron chi connectivity index (χ2n) is 4.10. The number of esters is 1. The molecule has 4 heteroatoms. The van der Waals surface area contributed by atoms with Gasteiger partial charge in [0.05, 0.1) is 19.3 Å². The van der Waals surface area contributed by atoms with Crippen molar-refractivity contribution in [3.05, 3.63) is 29.8 Å². The Morgan fingerprint density at radius 2 is 2.29 bits per heavy atom. The zero-order chi connectivity index (χ0) is 12.1. The molecule has 4 nitrogen and oxygen atoms in total. The number of anilines is 1. The topological polar surface area (TPSA) is 47.6 Å². The van der Waals surface area contributed by atoms with Crippen LogP contribution in [0.25, 0.3) is 0 Å². The molecular formula is C13H17NO3. The van der Waals surface area contributed by atoms with Crippen molar-refractivity contribution in [2.24, 2.45) is 0 Å². The fourth-order valence-electron chi connectivity index (χ4n) is 1.97. The zero-order valence-electron chi connectivity index (χ0n) is 9.94. The fourth-order valence-corrected chi connectivity index (χ4v) is 1.97. The van der Waals surface area contributed by atoms with Crippen LogP contribution in [0.5, 0.6) is 0 Å². The molecule has 92 valence electrons. The largest absolute Gasteiger partial charge is 0.465 e. The number of rotatable bonds is 3. The first kappa shape index (κ1) is 11.9. The van der Waals surface area contributed by atoms with Crippen molar-refractivity contribution in [2.75, 3.05) is 25.6 Å². The molecule has 1 unspecified atom stereocenters. The Morgan fingerprint density at radius 1 is 1.47 bits per heavy atom. The van der Waals surface area contributed by atoms with Crippen molar-refractivity contribution in [1.82, 2.24) is 0 Å². The number of methoxy groups -OCH3 is 1. The van der Waals surface area contributed by atoms with Gasteiger partial charge in [0.25, 0.3) is 0 Å². The molecule has 1 fully saturated rings. The molecule has 0 aliphatic carbocycles. The number of benzene rings is 1. The van der Waals surface area contributed by atoms with E-state index in [1.165, 1.54) is 7.11 Å². The molecule has 1 heterocycles. The number of carbonyl (C=O) groups excluding carboxylic acids is 1. The third-order valence-corrected chi connectivity index (χ3v) is 2.85. The molecule has 1 atom stereocenters. The minimum Gasteiger partial charge on any atom is -0.465 e. The van der Waals surface area contributed by atoms with Gasteiger partial charge in [-0.15, -0.1) is 0 Å². The summed E-state index contributed by atoms with van der Waals surface area (Å²) in [5.41, 5.74) is 1.38. The summed E-state index contributed by atoms with van der Waals surface area (Å²) in [6.07, 6.45) is 2.12. The van der Waals surface area contributed by atoms with Gasteiger partial charge < -0.3 is 14.8 Å². The van der Waals surface area contributed by atoms with E-state index in [1.807, 2.05) is 18.2 Å². The molecule has 0 amide bonds. The quantitative estimate of drug-likeness (QED) is 0.815. The second-order valence-corrected chi connectivity index (χ2v) is 4.10. The summed E-state index contributed by atoms with van der Waals surface area (Å²) in [7, 11) is 1.39. The minimum absolute atomic E-state index is 0.273. The van der Waals surface area contributed by atoms with Crippen molar-refractivity contribution >= 4 is 11.7 Å². The van der Waals surface area contributed by atoms with Gasteiger partial charge in [-0.1, -0.05) is 12.1 Å². The van der Waals surface area contributed by atoms with E-state index in [9.17, 15) is 4.79 Å². The summed E-state index contributed by atoms with van der Waals surface area (Å²) >= 11 is 0. The van der Waals surface area contributed by atoms with Crippen LogP contribution in [-0.4, -0.2) is 32.3 Å². The van der Waals surface area contributed by atoms with Crippen molar-refractivity contribution in [1.29, 1.82) is 0 Å². The van der Waals surface area contributed by atoms with E-state index in [0.29, 0.717) is 12.2 Å². The summed E-state index contributed by atoms with van der Waals surface area (Å²) in [6.45, 7) is 1.52. The molecule has 0 saturated carbocycles. The predicted molar refractivity (Wildman–Crippen MR) is 65.2 cm³/mol. The van der Waals surface area contributed by atoms with E-state index in [0.717, 1.165) is 25.1 Å². The van der Waals surface area contributed by atoms with E-state index >= 15 is 0 Å². The van der Waals surface area contributed by atoms with E-state index in [2.05, 4.69) is 5.32 Å². The Balaban J connectivity index is 2.11. The van der Waals surface area contributed by atoms with Crippen LogP contribution in [0.15, 0.2) is 24.3 Å². The first-order valence-electron chi connectivity index (χ1n) is 5.83. The van der Waals surface area contributed by atoms with Crippen molar-refractivity contribution in [2.45, 2.75) is 18.9 Å². The number of nitrogens with one attached hydrogen (secondary N) is 1. The Morgan fingerprint density at radius 3 is 3.00 bits per heavy atom. The lowest BCUT2D eigenvalue weighted by Gasteiger charge is -2.24. The second kappa shape index (κ2) is 5.68. The van der Waals surface area contributed by atoms with Gasteiger partial charge in [-0.3, -0.25) is 0 Å². The third kappa shape index (κ3) is 2.97. The normalized spacial score (nSPS) is 19.7. The smallest absolute Gasteiger partial charge is 0.339 e. The highest BCUT2D eigenvalue weighted by Crippen LogP contribution is 2.19. The van der Waals surface area contributed by atoms with E-state index < -0.39 is 0 Å². The highest BCUT2D eigenvalue weighted by molar-refractivity contribution is 5.95. The molecule has 17 heavy (non-hydrogen) atoms. The molecular weight excluding hydrogens is 218 g/mol. The van der Waals surface area contributed by atoms with Gasteiger partial charge in [-0.05, 0) is 25.0 Å². The molecule has 1 aliphatic rings. The summed E-state index contributed by atoms with van der Waals surface area (Å²) in [6, 6.07) is 7.65. The summed E-state index contributed by atoms with van der Waals surface area (Å²) in [5.74, 6) is -0.315. The van der Waals surface area contributed by atoms with E-state index in [-0.39, 0.29) is 12.0 Å². The van der Waals surface area contributed by atoms with Crippen LogP contribution in [0.4, 0.5) is 5.69 Å². The molecule has 1 aromatic rings. The van der Waals surface area contributed by atoms with Gasteiger partial charge in [0.15, 0.2) is 0 Å². The van der Waals surface area contributed by atoms with E-state index in [4.69, 9.17) is 9.47 Å². The predicted octanol–water partition coefficient (Wildman–Crippen LogP) is 2.06. The number of carbonyl (C=O) groups is 1. The van der Waals surface area contributed by atoms with Crippen LogP contribution in [0, 0.1) is 0 Å². The maximum Gasteiger partial charge on any atom is 0.339 e. The van der Waals surface area contributed by atoms with Gasteiger partial charge in [-0.2, -0.15) is 0 Å². The average molecular weight is 235 g/mol. The van der Waals surface area contributed by atoms with Gasteiger partial charge >= 0.3 is 5.97 Å². The zero-order valence-corrected chi connectivity index (χ0v) is 9.94. The lowest BCUT2D eigenvalue weighted by Crippen LogP contribution is -2.30. The molecule has 1 saturated heterocycles. The Labute approximate surface area is 101 Å². The molecule has 2 rings (SSSR count). The first-order chi connectivity index (χ1) is 8.31. The number of hydrogen-bond donors (Lipinski definition) is 1. The molecule has 1 aromatic carbocycles. The van der Waals surface area contributed by atoms with Gasteiger partial charge in [0.1, 0.15) is 0 Å². The standard InChI is InChI=1S/C13H17NO3/c1-16-13(15)11-6-2-3-7-12(11)14-10-5-4-8-17-9-10/h2-3,6-7,10,14H,4-5,8-9H2,1H3. The monoisotopic (exact) mass is 235 g/mol. The lowest BCUT2D eigenvalue weighted by atomic mass is 10.1. The van der Waals surface area contributed by atoms with Crippen LogP contribution >= 0.6 is 0 Å². The molecule has 0 aromatic heterocycles. The summed E-state index contributed by atoms with van der Waals surface area (Å²) in [4.78, 5) is 11.6. The van der Waals surface area contributed by atoms with Crippen molar-refractivity contribution < 1.29 is 14.3 Å².